The van der Waals surface area contributed by atoms with E-state index >= 15 is 0 Å². The Balaban J connectivity index is 1.68. The second kappa shape index (κ2) is 9.55. The average Bonchev–Trinajstić information content (AvgIpc) is 2.54. The second-order valence-electron chi connectivity index (χ2n) is 5.95. The summed E-state index contributed by atoms with van der Waals surface area (Å²) in [6.45, 7) is 5.38. The van der Waals surface area contributed by atoms with Gasteiger partial charge in [-0.05, 0) is 62.6 Å². The lowest BCUT2D eigenvalue weighted by Crippen LogP contribution is -2.41. The van der Waals surface area contributed by atoms with Gasteiger partial charge in [0.15, 0.2) is 5.11 Å². The molecule has 1 unspecified atom stereocenters. The maximum absolute atomic E-state index is 13.7. The Morgan fingerprint density at radius 1 is 1.43 bits per heavy atom. The number of halogens is 2. The van der Waals surface area contributed by atoms with Crippen LogP contribution in [-0.4, -0.2) is 35.7 Å². The van der Waals surface area contributed by atoms with E-state index in [9.17, 15) is 4.39 Å². The normalized spacial score (nSPS) is 18.7. The molecule has 1 saturated heterocycles. The fraction of sp³-hybridized carbons (Fsp3) is 0.588. The lowest BCUT2D eigenvalue weighted by atomic mass is 10.00. The van der Waals surface area contributed by atoms with Crippen molar-refractivity contribution in [3.8, 4) is 0 Å². The van der Waals surface area contributed by atoms with Crippen LogP contribution in [0.4, 0.5) is 10.1 Å². The van der Waals surface area contributed by atoms with Crippen LogP contribution in [0.15, 0.2) is 22.7 Å². The highest BCUT2D eigenvalue weighted by molar-refractivity contribution is 9.10. The second-order valence-corrected chi connectivity index (χ2v) is 7.28. The van der Waals surface area contributed by atoms with Gasteiger partial charge in [-0.2, -0.15) is 0 Å². The zero-order valence-corrected chi connectivity index (χ0v) is 16.0. The summed E-state index contributed by atoms with van der Waals surface area (Å²) in [5, 5.41) is 6.54. The van der Waals surface area contributed by atoms with Crippen molar-refractivity contribution in [1.29, 1.82) is 0 Å². The molecular formula is C17H25BrFN3S. The molecule has 1 fully saturated rings. The Kier molecular flexibility index (Phi) is 7.73. The molecule has 1 atom stereocenters. The fourth-order valence-corrected chi connectivity index (χ4v) is 3.60. The molecule has 0 radical (unpaired) electrons. The minimum absolute atomic E-state index is 0.317. The fourth-order valence-electron chi connectivity index (χ4n) is 3.06. The Morgan fingerprint density at radius 2 is 2.26 bits per heavy atom. The number of likely N-dealkylation sites (tertiary alicyclic amines) is 1. The van der Waals surface area contributed by atoms with E-state index < -0.39 is 0 Å². The summed E-state index contributed by atoms with van der Waals surface area (Å²) in [5.74, 6) is -0.317. The van der Waals surface area contributed by atoms with E-state index in [0.29, 0.717) is 15.3 Å². The van der Waals surface area contributed by atoms with Crippen LogP contribution >= 0.6 is 28.1 Å². The molecule has 1 aliphatic rings. The van der Waals surface area contributed by atoms with Gasteiger partial charge in [-0.3, -0.25) is 0 Å². The maximum Gasteiger partial charge on any atom is 0.170 e. The van der Waals surface area contributed by atoms with Gasteiger partial charge in [0.25, 0.3) is 0 Å². The highest BCUT2D eigenvalue weighted by atomic mass is 79.9. The molecule has 0 aromatic heterocycles. The van der Waals surface area contributed by atoms with E-state index in [1.54, 1.807) is 12.1 Å². The van der Waals surface area contributed by atoms with Gasteiger partial charge in [0.1, 0.15) is 5.82 Å². The molecule has 6 heteroatoms. The summed E-state index contributed by atoms with van der Waals surface area (Å²) < 4.78 is 14.5. The molecular weight excluding hydrogens is 377 g/mol. The van der Waals surface area contributed by atoms with Crippen molar-refractivity contribution >= 4 is 38.9 Å². The van der Waals surface area contributed by atoms with Crippen LogP contribution in [0.3, 0.4) is 0 Å². The van der Waals surface area contributed by atoms with Gasteiger partial charge in [-0.25, -0.2) is 4.39 Å². The Morgan fingerprint density at radius 3 is 3.00 bits per heavy atom. The third-order valence-electron chi connectivity index (χ3n) is 4.31. The minimum Gasteiger partial charge on any atom is -0.362 e. The first-order chi connectivity index (χ1) is 11.1. The van der Waals surface area contributed by atoms with Gasteiger partial charge in [0, 0.05) is 23.6 Å². The van der Waals surface area contributed by atoms with Gasteiger partial charge >= 0.3 is 0 Å². The molecule has 0 amide bonds. The molecule has 1 aliphatic heterocycles. The first-order valence-corrected chi connectivity index (χ1v) is 9.54. The molecule has 0 spiro atoms. The van der Waals surface area contributed by atoms with Gasteiger partial charge in [0.05, 0.1) is 5.69 Å². The predicted molar refractivity (Wildman–Crippen MR) is 102 cm³/mol. The SMILES string of the molecule is CCC1CCCCN1CCCNC(=S)Nc1ccc(Br)cc1F. The van der Waals surface area contributed by atoms with E-state index in [4.69, 9.17) is 12.2 Å². The van der Waals surface area contributed by atoms with Crippen molar-refractivity contribution in [2.45, 2.75) is 45.1 Å². The van der Waals surface area contributed by atoms with E-state index in [1.807, 2.05) is 0 Å². The Hall–Kier alpha value is -0.720. The third kappa shape index (κ3) is 6.01. The molecule has 128 valence electrons. The Labute approximate surface area is 152 Å². The molecule has 3 nitrogen and oxygen atoms in total. The smallest absolute Gasteiger partial charge is 0.170 e. The number of nitrogens with zero attached hydrogens (tertiary/aromatic N) is 1. The molecule has 1 heterocycles. The van der Waals surface area contributed by atoms with E-state index in [2.05, 4.69) is 38.4 Å². The molecule has 1 aromatic carbocycles. The number of piperidine rings is 1. The number of anilines is 1. The molecule has 2 rings (SSSR count). The zero-order valence-electron chi connectivity index (χ0n) is 13.6. The number of hydrogen-bond acceptors (Lipinski definition) is 2. The Bertz CT molecular complexity index is 527. The largest absolute Gasteiger partial charge is 0.362 e. The van der Waals surface area contributed by atoms with Crippen LogP contribution < -0.4 is 10.6 Å². The van der Waals surface area contributed by atoms with Crippen LogP contribution in [-0.2, 0) is 0 Å². The van der Waals surface area contributed by atoms with Crippen molar-refractivity contribution in [1.82, 2.24) is 10.2 Å². The number of hydrogen-bond donors (Lipinski definition) is 2. The molecule has 0 saturated carbocycles. The van der Waals surface area contributed by atoms with Crippen LogP contribution in [0.25, 0.3) is 0 Å². The van der Waals surface area contributed by atoms with Crippen LogP contribution in [0.5, 0.6) is 0 Å². The standard InChI is InChI=1S/C17H25BrFN3S/c1-2-14-6-3-4-10-22(14)11-5-9-20-17(23)21-16-8-7-13(18)12-15(16)19/h7-8,12,14H,2-6,9-11H2,1H3,(H2,20,21,23). The number of benzene rings is 1. The zero-order chi connectivity index (χ0) is 16.7. The maximum atomic E-state index is 13.7. The monoisotopic (exact) mass is 401 g/mol. The molecule has 2 N–H and O–H groups in total. The summed E-state index contributed by atoms with van der Waals surface area (Å²) in [6, 6.07) is 5.62. The molecule has 23 heavy (non-hydrogen) atoms. The van der Waals surface area contributed by atoms with Crippen LogP contribution in [0.2, 0.25) is 0 Å². The number of rotatable bonds is 6. The van der Waals surface area contributed by atoms with Crippen molar-refractivity contribution in [2.24, 2.45) is 0 Å². The number of thiocarbonyl (C=S) groups is 1. The van der Waals surface area contributed by atoms with Gasteiger partial charge in [-0.15, -0.1) is 0 Å². The first-order valence-electron chi connectivity index (χ1n) is 8.34. The summed E-state index contributed by atoms with van der Waals surface area (Å²) >= 11 is 8.47. The van der Waals surface area contributed by atoms with Crippen molar-refractivity contribution in [3.05, 3.63) is 28.5 Å². The van der Waals surface area contributed by atoms with Gasteiger partial charge in [0.2, 0.25) is 0 Å². The van der Waals surface area contributed by atoms with Crippen LogP contribution in [0, 0.1) is 5.82 Å². The summed E-state index contributed by atoms with van der Waals surface area (Å²) in [5.41, 5.74) is 0.396. The molecule has 0 aliphatic carbocycles. The first kappa shape index (κ1) is 18.6. The van der Waals surface area contributed by atoms with E-state index in [0.717, 1.165) is 25.6 Å². The predicted octanol–water partition coefficient (Wildman–Crippen LogP) is 4.53. The minimum atomic E-state index is -0.317. The quantitative estimate of drug-likeness (QED) is 0.540. The lowest BCUT2D eigenvalue weighted by molar-refractivity contribution is 0.143. The molecule has 0 bridgehead atoms. The lowest BCUT2D eigenvalue weighted by Gasteiger charge is -2.35. The summed E-state index contributed by atoms with van der Waals surface area (Å²) in [6.07, 6.45) is 6.27. The van der Waals surface area contributed by atoms with Gasteiger partial charge < -0.3 is 15.5 Å². The average molecular weight is 402 g/mol. The van der Waals surface area contributed by atoms with E-state index in [1.165, 1.54) is 38.3 Å². The summed E-state index contributed by atoms with van der Waals surface area (Å²) in [7, 11) is 0. The van der Waals surface area contributed by atoms with E-state index in [-0.39, 0.29) is 5.82 Å². The van der Waals surface area contributed by atoms with Gasteiger partial charge in [-0.1, -0.05) is 29.3 Å². The third-order valence-corrected chi connectivity index (χ3v) is 5.05. The van der Waals surface area contributed by atoms with Crippen molar-refractivity contribution < 1.29 is 4.39 Å². The topological polar surface area (TPSA) is 27.3 Å². The number of nitrogens with one attached hydrogen (secondary N) is 2. The van der Waals surface area contributed by atoms with Crippen molar-refractivity contribution in [2.75, 3.05) is 25.0 Å². The highest BCUT2D eigenvalue weighted by Crippen LogP contribution is 2.20. The molecule has 1 aromatic rings. The highest BCUT2D eigenvalue weighted by Gasteiger charge is 2.19. The summed E-state index contributed by atoms with van der Waals surface area (Å²) in [4.78, 5) is 2.59. The van der Waals surface area contributed by atoms with Crippen molar-refractivity contribution in [3.63, 3.8) is 0 Å². The van der Waals surface area contributed by atoms with Crippen LogP contribution in [0.1, 0.15) is 39.0 Å².